The Balaban J connectivity index is 2.22. The van der Waals surface area contributed by atoms with Gasteiger partial charge >= 0.3 is 0 Å². The zero-order valence-corrected chi connectivity index (χ0v) is 11.9. The Morgan fingerprint density at radius 2 is 2.18 bits per heavy atom. The van der Waals surface area contributed by atoms with Crippen molar-refractivity contribution < 1.29 is 4.79 Å². The molecule has 1 aromatic carbocycles. The van der Waals surface area contributed by atoms with Gasteiger partial charge < -0.3 is 0 Å². The Morgan fingerprint density at radius 1 is 1.41 bits per heavy atom. The number of aryl methyl sites for hydroxylation is 2. The van der Waals surface area contributed by atoms with E-state index in [0.29, 0.717) is 10.7 Å². The molecule has 1 aromatic heterocycles. The maximum Gasteiger partial charge on any atom is 0.258 e. The second-order valence-corrected chi connectivity index (χ2v) is 5.44. The average molecular weight is 311 g/mol. The molecule has 0 atom stereocenters. The summed E-state index contributed by atoms with van der Waals surface area (Å²) in [7, 11) is 0. The molecule has 0 spiro atoms. The van der Waals surface area contributed by atoms with E-state index in [0.717, 1.165) is 15.7 Å². The number of thiazole rings is 1. The lowest BCUT2D eigenvalue weighted by Gasteiger charge is -2.05. The van der Waals surface area contributed by atoms with Crippen LogP contribution in [0.3, 0.4) is 0 Å². The van der Waals surface area contributed by atoms with E-state index in [1.54, 1.807) is 0 Å². The summed E-state index contributed by atoms with van der Waals surface area (Å²) in [4.78, 5) is 16.2. The molecule has 0 fully saturated rings. The fourth-order valence-corrected chi connectivity index (χ4v) is 2.50. The van der Waals surface area contributed by atoms with Crippen molar-refractivity contribution in [3.05, 3.63) is 44.9 Å². The summed E-state index contributed by atoms with van der Waals surface area (Å²) < 4.78 is 0.786. The van der Waals surface area contributed by atoms with Crippen molar-refractivity contribution in [3.8, 4) is 0 Å². The summed E-state index contributed by atoms with van der Waals surface area (Å²) in [5.74, 6) is -0.144. The number of carbonyl (C=O) groups is 1. The van der Waals surface area contributed by atoms with E-state index < -0.39 is 0 Å². The number of amides is 1. The van der Waals surface area contributed by atoms with E-state index >= 15 is 0 Å². The largest absolute Gasteiger partial charge is 0.298 e. The summed E-state index contributed by atoms with van der Waals surface area (Å²) in [5, 5.41) is 5.32. The van der Waals surface area contributed by atoms with Crippen LogP contribution < -0.4 is 5.32 Å². The van der Waals surface area contributed by atoms with Gasteiger partial charge in [-0.25, -0.2) is 4.98 Å². The normalized spacial score (nSPS) is 10.3. The molecule has 2 rings (SSSR count). The second kappa shape index (κ2) is 4.98. The van der Waals surface area contributed by atoms with Gasteiger partial charge in [0, 0.05) is 9.85 Å². The fourth-order valence-electron chi connectivity index (χ4n) is 1.39. The van der Waals surface area contributed by atoms with Crippen LogP contribution in [0.1, 0.15) is 21.6 Å². The predicted molar refractivity (Wildman–Crippen MR) is 73.7 cm³/mol. The van der Waals surface area contributed by atoms with E-state index in [2.05, 4.69) is 26.2 Å². The number of halogens is 1. The minimum absolute atomic E-state index is 0.144. The maximum atomic E-state index is 12.0. The van der Waals surface area contributed by atoms with E-state index in [1.807, 2.05) is 37.4 Å². The molecular weight excluding hydrogens is 300 g/mol. The molecule has 0 aliphatic rings. The van der Waals surface area contributed by atoms with Gasteiger partial charge in [0.2, 0.25) is 0 Å². The molecule has 1 N–H and O–H groups in total. The number of hydrogen-bond acceptors (Lipinski definition) is 3. The third-order valence-corrected chi connectivity index (χ3v) is 3.77. The molecule has 1 heterocycles. The summed E-state index contributed by atoms with van der Waals surface area (Å²) in [6, 6.07) is 5.67. The van der Waals surface area contributed by atoms with Gasteiger partial charge in [-0.1, -0.05) is 11.6 Å². The number of rotatable bonds is 2. The molecule has 1 amide bonds. The molecule has 0 aliphatic heterocycles. The monoisotopic (exact) mass is 310 g/mol. The molecule has 0 aliphatic carbocycles. The number of carbonyl (C=O) groups excluding carboxylic acids is 1. The van der Waals surface area contributed by atoms with Crippen LogP contribution in [0.15, 0.2) is 28.1 Å². The molecule has 3 nitrogen and oxygen atoms in total. The molecule has 2 aromatic rings. The minimum Gasteiger partial charge on any atom is -0.298 e. The zero-order valence-electron chi connectivity index (χ0n) is 9.45. The highest BCUT2D eigenvalue weighted by atomic mass is 79.9. The van der Waals surface area contributed by atoms with Gasteiger partial charge in [0.05, 0.1) is 11.3 Å². The predicted octanol–water partition coefficient (Wildman–Crippen LogP) is 3.77. The van der Waals surface area contributed by atoms with Gasteiger partial charge in [-0.05, 0) is 41.9 Å². The van der Waals surface area contributed by atoms with Crippen LogP contribution in [0.2, 0.25) is 0 Å². The number of nitrogens with zero attached hydrogens (tertiary/aromatic N) is 1. The second-order valence-electron chi connectivity index (χ2n) is 3.73. The van der Waals surface area contributed by atoms with Crippen molar-refractivity contribution in [1.82, 2.24) is 4.98 Å². The smallest absolute Gasteiger partial charge is 0.258 e. The molecule has 0 radical (unpaired) electrons. The van der Waals surface area contributed by atoms with Crippen LogP contribution in [0.4, 0.5) is 5.13 Å². The van der Waals surface area contributed by atoms with Gasteiger partial charge in [0.1, 0.15) is 0 Å². The lowest BCUT2D eigenvalue weighted by Crippen LogP contribution is -2.12. The number of hydrogen-bond donors (Lipinski definition) is 1. The van der Waals surface area contributed by atoms with Crippen LogP contribution in [-0.4, -0.2) is 10.9 Å². The third kappa shape index (κ3) is 2.92. The van der Waals surface area contributed by atoms with Crippen molar-refractivity contribution in [1.29, 1.82) is 0 Å². The van der Waals surface area contributed by atoms with Gasteiger partial charge in [-0.2, -0.15) is 0 Å². The van der Waals surface area contributed by atoms with E-state index in [1.165, 1.54) is 11.3 Å². The number of nitrogens with one attached hydrogen (secondary N) is 1. The average Bonchev–Trinajstić information content (AvgIpc) is 2.67. The Morgan fingerprint density at radius 3 is 2.82 bits per heavy atom. The number of aromatic nitrogens is 1. The Kier molecular flexibility index (Phi) is 3.59. The number of anilines is 1. The molecule has 5 heteroatoms. The quantitative estimate of drug-likeness (QED) is 0.917. The van der Waals surface area contributed by atoms with Crippen LogP contribution in [-0.2, 0) is 0 Å². The molecule has 0 unspecified atom stereocenters. The molecule has 0 bridgehead atoms. The Bertz CT molecular complexity index is 565. The van der Waals surface area contributed by atoms with Crippen LogP contribution in [0, 0.1) is 13.8 Å². The SMILES string of the molecule is Cc1ccc(Br)c(C(=O)Nc2nc(C)cs2)c1. The Labute approximate surface area is 112 Å². The Hall–Kier alpha value is -1.20. The van der Waals surface area contributed by atoms with Gasteiger partial charge in [0.25, 0.3) is 5.91 Å². The van der Waals surface area contributed by atoms with Crippen molar-refractivity contribution in [2.24, 2.45) is 0 Å². The van der Waals surface area contributed by atoms with Crippen molar-refractivity contribution in [2.75, 3.05) is 5.32 Å². The van der Waals surface area contributed by atoms with E-state index in [4.69, 9.17) is 0 Å². The van der Waals surface area contributed by atoms with Gasteiger partial charge in [0.15, 0.2) is 5.13 Å². The molecule has 0 saturated heterocycles. The summed E-state index contributed by atoms with van der Waals surface area (Å²) in [5.41, 5.74) is 2.58. The van der Waals surface area contributed by atoms with E-state index in [9.17, 15) is 4.79 Å². The molecule has 88 valence electrons. The first-order chi connectivity index (χ1) is 8.06. The molecule has 0 saturated carbocycles. The summed E-state index contributed by atoms with van der Waals surface area (Å²) in [6.07, 6.45) is 0. The van der Waals surface area contributed by atoms with Crippen molar-refractivity contribution in [3.63, 3.8) is 0 Å². The lowest BCUT2D eigenvalue weighted by molar-refractivity contribution is 0.102. The summed E-state index contributed by atoms with van der Waals surface area (Å²) in [6.45, 7) is 3.85. The van der Waals surface area contributed by atoms with Crippen molar-refractivity contribution in [2.45, 2.75) is 13.8 Å². The first-order valence-corrected chi connectivity index (χ1v) is 6.73. The van der Waals surface area contributed by atoms with Gasteiger partial charge in [-0.3, -0.25) is 10.1 Å². The molecule has 17 heavy (non-hydrogen) atoms. The summed E-state index contributed by atoms with van der Waals surface area (Å²) >= 11 is 4.80. The topological polar surface area (TPSA) is 42.0 Å². The number of benzene rings is 1. The van der Waals surface area contributed by atoms with Crippen molar-refractivity contribution >= 4 is 38.3 Å². The maximum absolute atomic E-state index is 12.0. The highest BCUT2D eigenvalue weighted by Crippen LogP contribution is 2.21. The zero-order chi connectivity index (χ0) is 12.4. The van der Waals surface area contributed by atoms with Crippen LogP contribution >= 0.6 is 27.3 Å². The third-order valence-electron chi connectivity index (χ3n) is 2.21. The first kappa shape index (κ1) is 12.3. The molecular formula is C12H11BrN2OS. The fraction of sp³-hybridized carbons (Fsp3) is 0.167. The highest BCUT2D eigenvalue weighted by molar-refractivity contribution is 9.10. The van der Waals surface area contributed by atoms with E-state index in [-0.39, 0.29) is 5.91 Å². The first-order valence-electron chi connectivity index (χ1n) is 5.06. The van der Waals surface area contributed by atoms with Crippen LogP contribution in [0.25, 0.3) is 0 Å². The highest BCUT2D eigenvalue weighted by Gasteiger charge is 2.11. The standard InChI is InChI=1S/C12H11BrN2OS/c1-7-3-4-10(13)9(5-7)11(16)15-12-14-8(2)6-17-12/h3-6H,1-2H3,(H,14,15,16). The van der Waals surface area contributed by atoms with Gasteiger partial charge in [-0.15, -0.1) is 11.3 Å². The lowest BCUT2D eigenvalue weighted by atomic mass is 10.1. The van der Waals surface area contributed by atoms with Crippen LogP contribution in [0.5, 0.6) is 0 Å². The minimum atomic E-state index is -0.144.